The number of nitrogens with one attached hydrogen (secondary N) is 2. The normalized spacial score (nSPS) is 18.8. The molecule has 2 atom stereocenters. The molecule has 0 radical (unpaired) electrons. The van der Waals surface area contributed by atoms with E-state index in [1.807, 2.05) is 12.1 Å². The molecule has 0 aliphatic heterocycles. The number of rotatable bonds is 7. The third kappa shape index (κ3) is 6.12. The number of amides is 2. The molecule has 5 nitrogen and oxygen atoms in total. The van der Waals surface area contributed by atoms with Crippen molar-refractivity contribution in [1.82, 2.24) is 5.32 Å². The third-order valence-electron chi connectivity index (χ3n) is 5.54. The van der Waals surface area contributed by atoms with Crippen molar-refractivity contribution in [1.29, 1.82) is 0 Å². The summed E-state index contributed by atoms with van der Waals surface area (Å²) in [6.45, 7) is 1.38. The smallest absolute Gasteiger partial charge is 0.255 e. The van der Waals surface area contributed by atoms with Crippen molar-refractivity contribution in [3.63, 3.8) is 0 Å². The van der Waals surface area contributed by atoms with Gasteiger partial charge in [-0.25, -0.2) is 4.39 Å². The Morgan fingerprint density at radius 3 is 2.52 bits per heavy atom. The van der Waals surface area contributed by atoms with Crippen LogP contribution < -0.4 is 16.4 Å². The van der Waals surface area contributed by atoms with Gasteiger partial charge < -0.3 is 16.4 Å². The number of carbonyl (C=O) groups excluding carboxylic acids is 2. The highest BCUT2D eigenvalue weighted by atomic mass is 19.1. The summed E-state index contributed by atoms with van der Waals surface area (Å²) in [6.07, 6.45) is 4.73. The van der Waals surface area contributed by atoms with E-state index >= 15 is 0 Å². The maximum Gasteiger partial charge on any atom is 0.255 e. The summed E-state index contributed by atoms with van der Waals surface area (Å²) in [6, 6.07) is 12.6. The molecule has 1 aliphatic carbocycles. The van der Waals surface area contributed by atoms with E-state index in [0.29, 0.717) is 36.2 Å². The molecular weight excluding hydrogens is 369 g/mol. The molecule has 0 saturated heterocycles. The Morgan fingerprint density at radius 2 is 1.76 bits per heavy atom. The van der Waals surface area contributed by atoms with Crippen LogP contribution in [0.2, 0.25) is 0 Å². The van der Waals surface area contributed by atoms with Crippen LogP contribution in [0.15, 0.2) is 48.5 Å². The molecule has 0 aromatic heterocycles. The number of para-hydroxylation sites is 1. The minimum absolute atomic E-state index is 0.0663. The Balaban J connectivity index is 1.56. The van der Waals surface area contributed by atoms with Gasteiger partial charge in [-0.2, -0.15) is 0 Å². The van der Waals surface area contributed by atoms with E-state index in [4.69, 9.17) is 5.73 Å². The molecule has 2 aromatic carbocycles. The van der Waals surface area contributed by atoms with E-state index in [1.54, 1.807) is 12.1 Å². The molecule has 3 rings (SSSR count). The molecule has 0 bridgehead atoms. The lowest BCUT2D eigenvalue weighted by atomic mass is 9.81. The van der Waals surface area contributed by atoms with E-state index in [-0.39, 0.29) is 18.2 Å². The number of anilines is 1. The monoisotopic (exact) mass is 397 g/mol. The van der Waals surface area contributed by atoms with Gasteiger partial charge >= 0.3 is 0 Å². The first kappa shape index (κ1) is 21.0. The number of carbonyl (C=O) groups is 2. The van der Waals surface area contributed by atoms with Gasteiger partial charge in [0, 0.05) is 17.8 Å². The zero-order chi connectivity index (χ0) is 20.6. The third-order valence-corrected chi connectivity index (χ3v) is 5.54. The quantitative estimate of drug-likeness (QED) is 0.669. The molecule has 1 saturated carbocycles. The van der Waals surface area contributed by atoms with Gasteiger partial charge in [-0.1, -0.05) is 24.6 Å². The molecule has 2 amide bonds. The highest BCUT2D eigenvalue weighted by Crippen LogP contribution is 2.27. The fourth-order valence-corrected chi connectivity index (χ4v) is 3.89. The first-order valence-electron chi connectivity index (χ1n) is 10.2. The molecule has 2 unspecified atom stereocenters. The van der Waals surface area contributed by atoms with Crippen LogP contribution in [0.1, 0.15) is 41.6 Å². The van der Waals surface area contributed by atoms with Gasteiger partial charge in [-0.15, -0.1) is 0 Å². The van der Waals surface area contributed by atoms with Crippen molar-refractivity contribution in [2.24, 2.45) is 17.6 Å². The Kier molecular flexibility index (Phi) is 7.36. The van der Waals surface area contributed by atoms with Gasteiger partial charge in [0.05, 0.1) is 6.42 Å². The van der Waals surface area contributed by atoms with E-state index in [0.717, 1.165) is 18.4 Å². The van der Waals surface area contributed by atoms with Gasteiger partial charge in [-0.3, -0.25) is 9.59 Å². The number of hydrogen-bond donors (Lipinski definition) is 3. The molecule has 29 heavy (non-hydrogen) atoms. The summed E-state index contributed by atoms with van der Waals surface area (Å²) in [5.41, 5.74) is 7.47. The number of benzene rings is 2. The van der Waals surface area contributed by atoms with Crippen LogP contribution in [-0.4, -0.2) is 24.9 Å². The van der Waals surface area contributed by atoms with E-state index < -0.39 is 5.82 Å². The molecule has 1 aliphatic rings. The average molecular weight is 397 g/mol. The van der Waals surface area contributed by atoms with Crippen molar-refractivity contribution < 1.29 is 14.0 Å². The van der Waals surface area contributed by atoms with Crippen LogP contribution in [0, 0.1) is 17.7 Å². The predicted octanol–water partition coefficient (Wildman–Crippen LogP) is 3.50. The summed E-state index contributed by atoms with van der Waals surface area (Å²) in [4.78, 5) is 24.9. The summed E-state index contributed by atoms with van der Waals surface area (Å²) >= 11 is 0. The second-order valence-electron chi connectivity index (χ2n) is 7.73. The molecular formula is C23H28FN3O2. The number of halogens is 1. The second kappa shape index (κ2) is 10.2. The molecule has 154 valence electrons. The van der Waals surface area contributed by atoms with Crippen molar-refractivity contribution >= 4 is 17.5 Å². The van der Waals surface area contributed by atoms with Gasteiger partial charge in [-0.05, 0) is 73.5 Å². The SMILES string of the molecule is NCC1CCCC(CNC(=O)Cc2ccccc2NC(=O)c2ccc(F)cc2)C1. The first-order chi connectivity index (χ1) is 14.0. The van der Waals surface area contributed by atoms with Crippen molar-refractivity contribution in [3.8, 4) is 0 Å². The second-order valence-corrected chi connectivity index (χ2v) is 7.73. The summed E-state index contributed by atoms with van der Waals surface area (Å²) < 4.78 is 13.1. The van der Waals surface area contributed by atoms with E-state index in [1.165, 1.54) is 37.1 Å². The molecule has 4 N–H and O–H groups in total. The van der Waals surface area contributed by atoms with Gasteiger partial charge in [0.2, 0.25) is 5.91 Å². The topological polar surface area (TPSA) is 84.2 Å². The highest BCUT2D eigenvalue weighted by Gasteiger charge is 2.21. The maximum absolute atomic E-state index is 13.1. The minimum atomic E-state index is -0.394. The molecule has 2 aromatic rings. The lowest BCUT2D eigenvalue weighted by Crippen LogP contribution is -2.34. The van der Waals surface area contributed by atoms with Crippen LogP contribution in [0.3, 0.4) is 0 Å². The van der Waals surface area contributed by atoms with Crippen LogP contribution in [0.25, 0.3) is 0 Å². The number of nitrogens with two attached hydrogens (primary N) is 1. The largest absolute Gasteiger partial charge is 0.356 e. The highest BCUT2D eigenvalue weighted by molar-refractivity contribution is 6.04. The zero-order valence-electron chi connectivity index (χ0n) is 16.5. The van der Waals surface area contributed by atoms with Crippen molar-refractivity contribution in [3.05, 3.63) is 65.5 Å². The van der Waals surface area contributed by atoms with Gasteiger partial charge in [0.15, 0.2) is 0 Å². The van der Waals surface area contributed by atoms with Crippen LogP contribution in [0.5, 0.6) is 0 Å². The summed E-state index contributed by atoms with van der Waals surface area (Å²) in [5.74, 6) is 0.244. The standard InChI is InChI=1S/C23H28FN3O2/c24-20-10-8-18(9-11-20)23(29)27-21-7-2-1-6-19(21)13-22(28)26-15-17-5-3-4-16(12-17)14-25/h1-2,6-11,16-17H,3-5,12-15,25H2,(H,26,28)(H,27,29). The van der Waals surface area contributed by atoms with E-state index in [2.05, 4.69) is 10.6 Å². The first-order valence-corrected chi connectivity index (χ1v) is 10.2. The zero-order valence-corrected chi connectivity index (χ0v) is 16.5. The Bertz CT molecular complexity index is 838. The van der Waals surface area contributed by atoms with Crippen molar-refractivity contribution in [2.75, 3.05) is 18.4 Å². The van der Waals surface area contributed by atoms with Gasteiger partial charge in [0.25, 0.3) is 5.91 Å². The van der Waals surface area contributed by atoms with Crippen LogP contribution in [0.4, 0.5) is 10.1 Å². The predicted molar refractivity (Wildman–Crippen MR) is 112 cm³/mol. The maximum atomic E-state index is 13.1. The molecule has 0 heterocycles. The van der Waals surface area contributed by atoms with Crippen LogP contribution >= 0.6 is 0 Å². The fourth-order valence-electron chi connectivity index (χ4n) is 3.89. The summed E-state index contributed by atoms with van der Waals surface area (Å²) in [5, 5.41) is 5.85. The average Bonchev–Trinajstić information content (AvgIpc) is 2.74. The molecule has 6 heteroatoms. The number of hydrogen-bond acceptors (Lipinski definition) is 3. The van der Waals surface area contributed by atoms with Gasteiger partial charge in [0.1, 0.15) is 5.82 Å². The summed E-state index contributed by atoms with van der Waals surface area (Å²) in [7, 11) is 0. The molecule has 1 fully saturated rings. The van der Waals surface area contributed by atoms with E-state index in [9.17, 15) is 14.0 Å². The fraction of sp³-hybridized carbons (Fsp3) is 0.391. The lowest BCUT2D eigenvalue weighted by molar-refractivity contribution is -0.120. The molecule has 0 spiro atoms. The lowest BCUT2D eigenvalue weighted by Gasteiger charge is -2.28. The van der Waals surface area contributed by atoms with Crippen LogP contribution in [-0.2, 0) is 11.2 Å². The minimum Gasteiger partial charge on any atom is -0.356 e. The van der Waals surface area contributed by atoms with Crippen molar-refractivity contribution in [2.45, 2.75) is 32.1 Å². The Morgan fingerprint density at radius 1 is 1.03 bits per heavy atom. The Labute approximate surface area is 170 Å². The Hall–Kier alpha value is -2.73.